The largest absolute Gasteiger partial charge is 0.456 e. The zero-order valence-electron chi connectivity index (χ0n) is 79.3. The molecule has 0 aromatic heterocycles. The topological polar surface area (TPSA) is 31.4 Å². The van der Waals surface area contributed by atoms with E-state index in [1.807, 2.05) is 0 Å². The lowest BCUT2D eigenvalue weighted by molar-refractivity contribution is 0.486. The van der Waals surface area contributed by atoms with Gasteiger partial charge in [-0.1, -0.05) is 328 Å². The van der Waals surface area contributed by atoms with Gasteiger partial charge in [0.2, 0.25) is 0 Å². The number of benzene rings is 22. The van der Waals surface area contributed by atoms with Gasteiger partial charge >= 0.3 is 0 Å². The molecule has 0 amide bonds. The van der Waals surface area contributed by atoms with Crippen LogP contribution >= 0.6 is 0 Å². The molecule has 0 aliphatic carbocycles. The third-order valence-electron chi connectivity index (χ3n) is 27.7. The van der Waals surface area contributed by atoms with Crippen molar-refractivity contribution >= 4 is 159 Å². The Labute approximate surface area is 810 Å². The highest BCUT2D eigenvalue weighted by Gasteiger charge is 2.31. The van der Waals surface area contributed by atoms with Gasteiger partial charge in [-0.2, -0.15) is 0 Å². The number of para-hydroxylation sites is 6. The van der Waals surface area contributed by atoms with Crippen molar-refractivity contribution in [1.82, 2.24) is 0 Å². The van der Waals surface area contributed by atoms with Crippen LogP contribution < -0.4 is 39.4 Å². The average molecular weight is 1810 g/mol. The number of anilines is 12. The molecule has 0 radical (unpaired) electrons. The van der Waals surface area contributed by atoms with Crippen molar-refractivity contribution in [2.45, 2.75) is 67.0 Å². The van der Waals surface area contributed by atoms with Crippen molar-refractivity contribution in [2.75, 3.05) is 19.6 Å². The summed E-state index contributed by atoms with van der Waals surface area (Å²) in [5, 5.41) is 17.5. The highest BCUT2D eigenvalue weighted by Crippen LogP contribution is 2.57. The molecular formula is C130H104N4O2Si2. The summed E-state index contributed by atoms with van der Waals surface area (Å²) in [5.74, 6) is 3.48. The first-order chi connectivity index (χ1) is 67.3. The van der Waals surface area contributed by atoms with Crippen LogP contribution in [0, 0.1) is 27.7 Å². The van der Waals surface area contributed by atoms with Crippen LogP contribution in [0.3, 0.4) is 0 Å². The van der Waals surface area contributed by atoms with Crippen molar-refractivity contribution in [3.05, 3.63) is 471 Å². The minimum atomic E-state index is -1.46. The summed E-state index contributed by atoms with van der Waals surface area (Å²) >= 11 is 0. The molecule has 0 N–H and O–H groups in total. The fourth-order valence-electron chi connectivity index (χ4n) is 20.9. The Morgan fingerprint density at radius 1 is 0.167 bits per heavy atom. The van der Waals surface area contributed by atoms with Crippen LogP contribution in [0.1, 0.15) is 22.3 Å². The normalized spacial score (nSPS) is 12.0. The molecular weight excluding hydrogens is 1710 g/mol. The van der Waals surface area contributed by atoms with E-state index in [1.165, 1.54) is 125 Å². The van der Waals surface area contributed by atoms with Crippen LogP contribution in [-0.4, -0.2) is 16.1 Å². The Hall–Kier alpha value is -16.4. The lowest BCUT2D eigenvalue weighted by Crippen LogP contribution is -2.37. The predicted octanol–water partition coefficient (Wildman–Crippen LogP) is 36.7. The lowest BCUT2D eigenvalue weighted by Gasteiger charge is -2.30. The van der Waals surface area contributed by atoms with E-state index in [0.29, 0.717) is 0 Å². The van der Waals surface area contributed by atoms with Crippen LogP contribution in [0.25, 0.3) is 131 Å². The summed E-state index contributed by atoms with van der Waals surface area (Å²) in [5.41, 5.74) is 32.0. The Bertz CT molecular complexity index is 8460. The maximum Gasteiger partial charge on any atom is 0.137 e. The second kappa shape index (κ2) is 35.1. The molecule has 0 atom stereocenters. The van der Waals surface area contributed by atoms with Crippen LogP contribution in [0.4, 0.5) is 68.2 Å². The van der Waals surface area contributed by atoms with Crippen LogP contribution in [0.15, 0.2) is 449 Å². The zero-order valence-corrected chi connectivity index (χ0v) is 81.3. The molecule has 138 heavy (non-hydrogen) atoms. The molecule has 0 bridgehead atoms. The Kier molecular flexibility index (Phi) is 21.9. The summed E-state index contributed by atoms with van der Waals surface area (Å²) < 4.78 is 14.1. The van der Waals surface area contributed by atoms with Crippen LogP contribution in [-0.2, 0) is 0 Å². The molecule has 22 aromatic rings. The smallest absolute Gasteiger partial charge is 0.137 e. The molecule has 6 nitrogen and oxygen atoms in total. The summed E-state index contributed by atoms with van der Waals surface area (Å²) in [6.45, 7) is 23.2. The van der Waals surface area contributed by atoms with Crippen molar-refractivity contribution in [3.8, 4) is 89.8 Å². The molecule has 0 fully saturated rings. The second-order valence-corrected chi connectivity index (χ2v) is 49.2. The summed E-state index contributed by atoms with van der Waals surface area (Å²) in [6.07, 6.45) is 0. The van der Waals surface area contributed by atoms with Gasteiger partial charge in [0.05, 0.1) is 27.5 Å². The fourth-order valence-corrected chi connectivity index (χ4v) is 23.3. The summed E-state index contributed by atoms with van der Waals surface area (Å²) in [4.78, 5) is 9.42. The maximum atomic E-state index is 7.09. The van der Waals surface area contributed by atoms with E-state index in [4.69, 9.17) is 9.47 Å². The zero-order chi connectivity index (χ0) is 93.6. The van der Waals surface area contributed by atoms with Crippen molar-refractivity contribution in [2.24, 2.45) is 0 Å². The van der Waals surface area contributed by atoms with Gasteiger partial charge in [0.15, 0.2) is 0 Å². The molecule has 2 aliphatic heterocycles. The first-order valence-electron chi connectivity index (χ1n) is 48.0. The van der Waals surface area contributed by atoms with E-state index in [1.54, 1.807) is 0 Å². The number of hydrogen-bond donors (Lipinski definition) is 0. The first kappa shape index (κ1) is 85.8. The highest BCUT2D eigenvalue weighted by atomic mass is 28.3. The molecule has 0 spiro atoms. The number of hydrogen-bond acceptors (Lipinski definition) is 6. The molecule has 8 heteroatoms. The lowest BCUT2D eigenvalue weighted by atomic mass is 9.85. The first-order valence-corrected chi connectivity index (χ1v) is 55.0. The number of fused-ring (bicyclic) bond motifs is 12. The standard InChI is InChI=1S/C68H48N2O.C62H56N2OSi2/c1-45-31-37-56-58(49-32-34-52(35-33-49)69(50-23-11-5-12-24-50)64-29-17-15-27-54(64)47-19-7-3-8-20-47)43-61-60(59(56)39-45)44-63-57-38-36-53(42-66(57)71-67-41-46(2)40-62(61)68(63)67)70(51-25-13-6-14-26-51)65-30-18-16-28-55(65)48-21-9-4-10-22-48;1-41-19-33-52-54(43-20-22-46(23-21-43)63(44-15-11-9-12-16-44)47-24-29-50(30-25-47)66(3,4)5)39-57-56(55(52)35-41)40-59-53-34-28-49(38-60(53)65-61-37-42(2)36-58(57)62(59)61)64(45-17-13-10-14-18-45)48-26-31-51(32-27-48)67(6,7)8/h3-44H,1-2H3;9-40H,1-8H3. The van der Waals surface area contributed by atoms with Crippen molar-refractivity contribution < 1.29 is 9.47 Å². The van der Waals surface area contributed by atoms with E-state index >= 15 is 0 Å². The monoisotopic (exact) mass is 1810 g/mol. The van der Waals surface area contributed by atoms with E-state index in [-0.39, 0.29) is 0 Å². The van der Waals surface area contributed by atoms with Gasteiger partial charge in [0.1, 0.15) is 23.0 Å². The minimum absolute atomic E-state index is 0.840. The predicted molar refractivity (Wildman–Crippen MR) is 594 cm³/mol. The number of aryl methyl sites for hydroxylation is 4. The van der Waals surface area contributed by atoms with Gasteiger partial charge < -0.3 is 29.1 Å². The van der Waals surface area contributed by atoms with Gasteiger partial charge in [-0.15, -0.1) is 0 Å². The third-order valence-corrected chi connectivity index (χ3v) is 31.8. The van der Waals surface area contributed by atoms with E-state index in [0.717, 1.165) is 130 Å². The molecule has 0 unspecified atom stereocenters. The maximum absolute atomic E-state index is 7.09. The van der Waals surface area contributed by atoms with Gasteiger partial charge in [0, 0.05) is 102 Å². The van der Waals surface area contributed by atoms with Crippen LogP contribution in [0.2, 0.25) is 39.3 Å². The number of nitrogens with zero attached hydrogens (tertiary/aromatic N) is 4. The number of rotatable bonds is 18. The quantitative estimate of drug-likeness (QED) is 0.0629. The fraction of sp³-hybridized carbons (Fsp3) is 0.0769. The molecule has 2 heterocycles. The van der Waals surface area contributed by atoms with E-state index < -0.39 is 16.1 Å². The Balaban J connectivity index is 0.000000155. The van der Waals surface area contributed by atoms with Gasteiger partial charge in [-0.25, -0.2) is 0 Å². The Morgan fingerprint density at radius 3 is 0.812 bits per heavy atom. The van der Waals surface area contributed by atoms with Crippen molar-refractivity contribution in [1.29, 1.82) is 0 Å². The minimum Gasteiger partial charge on any atom is -0.456 e. The second-order valence-electron chi connectivity index (χ2n) is 39.1. The van der Waals surface area contributed by atoms with Gasteiger partial charge in [-0.3, -0.25) is 0 Å². The molecule has 22 aromatic carbocycles. The highest BCUT2D eigenvalue weighted by molar-refractivity contribution is 6.89. The molecule has 2 aliphatic rings. The van der Waals surface area contributed by atoms with Crippen molar-refractivity contribution in [3.63, 3.8) is 0 Å². The summed E-state index contributed by atoms with van der Waals surface area (Å²) in [7, 11) is -2.91. The Morgan fingerprint density at radius 2 is 0.435 bits per heavy atom. The average Bonchev–Trinajstić information content (AvgIpc) is 0.712. The molecule has 24 rings (SSSR count). The SMILES string of the molecule is Cc1ccc2c(-c3ccc(N(c4ccccc4)c4ccc([Si](C)(C)C)cc4)cc3)cc3c4cc(C)cc5c4c(cc3c2c1)-c1ccc(N(c2ccccc2)c2ccc([Si](C)(C)C)cc2)cc1O5.Cc1ccc2c(-c3ccc(N(c4ccccc4)c4ccccc4-c4ccccc4)cc3)cc3c4cc(C)cc5c4c(cc3c2c1)-c1ccc(N(c2ccccc2)c2ccccc2-c2ccccc2)cc1O5. The summed E-state index contributed by atoms with van der Waals surface area (Å²) in [6, 6.07) is 164. The molecule has 664 valence electrons. The van der Waals surface area contributed by atoms with Gasteiger partial charge in [0.25, 0.3) is 0 Å². The van der Waals surface area contributed by atoms with Gasteiger partial charge in [-0.05, 0) is 307 Å². The van der Waals surface area contributed by atoms with E-state index in [2.05, 4.69) is 535 Å². The number of ether oxygens (including phenoxy) is 2. The van der Waals surface area contributed by atoms with E-state index in [9.17, 15) is 0 Å². The molecule has 0 saturated carbocycles. The third kappa shape index (κ3) is 15.9. The van der Waals surface area contributed by atoms with Crippen LogP contribution in [0.5, 0.6) is 23.0 Å². The molecule has 0 saturated heterocycles.